The largest absolute Gasteiger partial charge is 0.497 e. The fourth-order valence-corrected chi connectivity index (χ4v) is 4.28. The highest BCUT2D eigenvalue weighted by atomic mass is 35.5. The fourth-order valence-electron chi connectivity index (χ4n) is 3.27. The van der Waals surface area contributed by atoms with Gasteiger partial charge in [0.1, 0.15) is 24.2 Å². The van der Waals surface area contributed by atoms with Gasteiger partial charge in [0.15, 0.2) is 0 Å². The number of benzene rings is 2. The topological polar surface area (TPSA) is 96.0 Å². The molecule has 2 amide bonds. The number of sulfonamides is 1. The zero-order valence-corrected chi connectivity index (χ0v) is 20.4. The summed E-state index contributed by atoms with van der Waals surface area (Å²) in [6.07, 6.45) is 1.24. The van der Waals surface area contributed by atoms with E-state index < -0.39 is 34.3 Å². The summed E-state index contributed by atoms with van der Waals surface area (Å²) in [6, 6.07) is 9.50. The predicted molar refractivity (Wildman–Crippen MR) is 125 cm³/mol. The normalized spacial score (nSPS) is 12.1. The Hall–Kier alpha value is -2.85. The molecule has 8 nitrogen and oxygen atoms in total. The van der Waals surface area contributed by atoms with Gasteiger partial charge < -0.3 is 15.0 Å². The van der Waals surface area contributed by atoms with E-state index in [-0.39, 0.29) is 23.2 Å². The number of nitrogens with one attached hydrogen (secondary N) is 1. The lowest BCUT2D eigenvalue weighted by molar-refractivity contribution is -0.140. The maximum absolute atomic E-state index is 13.6. The molecule has 0 saturated heterocycles. The Bertz CT molecular complexity index is 1100. The van der Waals surface area contributed by atoms with E-state index in [4.69, 9.17) is 16.3 Å². The lowest BCUT2D eigenvalue weighted by Crippen LogP contribution is -2.51. The molecule has 11 heteroatoms. The highest BCUT2D eigenvalue weighted by Crippen LogP contribution is 2.25. The van der Waals surface area contributed by atoms with Crippen LogP contribution in [-0.2, 0) is 26.2 Å². The molecule has 2 aromatic carbocycles. The van der Waals surface area contributed by atoms with Gasteiger partial charge in [-0.15, -0.1) is 0 Å². The molecule has 0 aliphatic carbocycles. The molecule has 1 atom stereocenters. The van der Waals surface area contributed by atoms with Crippen molar-refractivity contribution in [1.82, 2.24) is 10.2 Å². The molecular formula is C22H27ClFN3O5S. The third-order valence-corrected chi connectivity index (χ3v) is 6.44. The first-order valence-corrected chi connectivity index (χ1v) is 12.3. The van der Waals surface area contributed by atoms with Crippen LogP contribution in [0.2, 0.25) is 5.02 Å². The van der Waals surface area contributed by atoms with E-state index >= 15 is 0 Å². The SMILES string of the molecule is CC[C@@H](C(=O)NC)N(Cc1ccc(OC)cc1)C(=O)CN(c1ccc(F)c(Cl)c1)S(C)(=O)=O. The van der Waals surface area contributed by atoms with Crippen LogP contribution in [0.15, 0.2) is 42.5 Å². The predicted octanol–water partition coefficient (Wildman–Crippen LogP) is 2.81. The summed E-state index contributed by atoms with van der Waals surface area (Å²) in [5, 5.41) is 2.26. The standard InChI is InChI=1S/C22H27ClFN3O5S/c1-5-20(22(29)25-2)26(13-15-6-9-17(32-3)10-7-15)21(28)14-27(33(4,30)31)16-8-11-19(24)18(23)12-16/h6-12,20H,5,13-14H2,1-4H3,(H,25,29)/t20-/m0/s1. The molecule has 180 valence electrons. The molecule has 0 aromatic heterocycles. The first-order chi connectivity index (χ1) is 15.5. The number of nitrogens with zero attached hydrogens (tertiary/aromatic N) is 2. The van der Waals surface area contributed by atoms with Crippen LogP contribution in [0.5, 0.6) is 5.75 Å². The number of halogens is 2. The molecule has 0 aliphatic rings. The van der Waals surface area contributed by atoms with Crippen molar-refractivity contribution >= 4 is 39.1 Å². The lowest BCUT2D eigenvalue weighted by atomic mass is 10.1. The van der Waals surface area contributed by atoms with E-state index in [0.29, 0.717) is 12.2 Å². The molecule has 0 bridgehead atoms. The van der Waals surface area contributed by atoms with Gasteiger partial charge in [0.2, 0.25) is 21.8 Å². The summed E-state index contributed by atoms with van der Waals surface area (Å²) < 4.78 is 44.5. The smallest absolute Gasteiger partial charge is 0.244 e. The molecule has 0 heterocycles. The minimum absolute atomic E-state index is 0.0367. The van der Waals surface area contributed by atoms with Crippen LogP contribution in [-0.4, -0.2) is 58.1 Å². The lowest BCUT2D eigenvalue weighted by Gasteiger charge is -2.32. The number of ether oxygens (including phenoxy) is 1. The van der Waals surface area contributed by atoms with Crippen LogP contribution >= 0.6 is 11.6 Å². The van der Waals surface area contributed by atoms with E-state index in [0.717, 1.165) is 28.3 Å². The van der Waals surface area contributed by atoms with E-state index in [1.54, 1.807) is 31.2 Å². The highest BCUT2D eigenvalue weighted by Gasteiger charge is 2.31. The molecule has 1 N–H and O–H groups in total. The van der Waals surface area contributed by atoms with E-state index in [1.165, 1.54) is 25.1 Å². The maximum Gasteiger partial charge on any atom is 0.244 e. The summed E-state index contributed by atoms with van der Waals surface area (Å²) >= 11 is 5.82. The van der Waals surface area contributed by atoms with Crippen LogP contribution in [0.4, 0.5) is 10.1 Å². The Morgan fingerprint density at radius 1 is 1.18 bits per heavy atom. The van der Waals surface area contributed by atoms with Gasteiger partial charge >= 0.3 is 0 Å². The number of amides is 2. The molecule has 2 rings (SSSR count). The zero-order valence-electron chi connectivity index (χ0n) is 18.8. The monoisotopic (exact) mass is 499 g/mol. The molecular weight excluding hydrogens is 473 g/mol. The number of carbonyl (C=O) groups is 2. The molecule has 0 spiro atoms. The van der Waals surface area contributed by atoms with Crippen molar-refractivity contribution in [3.05, 3.63) is 58.9 Å². The number of hydrogen-bond acceptors (Lipinski definition) is 5. The third kappa shape index (κ3) is 6.82. The Balaban J connectivity index is 2.43. The highest BCUT2D eigenvalue weighted by molar-refractivity contribution is 7.92. The van der Waals surface area contributed by atoms with Gasteiger partial charge in [-0.2, -0.15) is 0 Å². The minimum Gasteiger partial charge on any atom is -0.497 e. The molecule has 2 aromatic rings. The number of rotatable bonds is 10. The maximum atomic E-state index is 13.6. The number of hydrogen-bond donors (Lipinski definition) is 1. The Morgan fingerprint density at radius 2 is 1.82 bits per heavy atom. The summed E-state index contributed by atoms with van der Waals surface area (Å²) in [6.45, 7) is 1.23. The van der Waals surface area contributed by atoms with Crippen LogP contribution in [0, 0.1) is 5.82 Å². The van der Waals surface area contributed by atoms with Gasteiger partial charge in [0.25, 0.3) is 0 Å². The zero-order chi connectivity index (χ0) is 24.8. The van der Waals surface area contributed by atoms with Crippen LogP contribution < -0.4 is 14.4 Å². The second-order valence-corrected chi connectivity index (χ2v) is 9.59. The number of methoxy groups -OCH3 is 1. The van der Waals surface area contributed by atoms with Crippen molar-refractivity contribution in [2.75, 3.05) is 31.3 Å². The van der Waals surface area contributed by atoms with Crippen molar-refractivity contribution in [3.63, 3.8) is 0 Å². The molecule has 0 unspecified atom stereocenters. The average molecular weight is 500 g/mol. The molecule has 0 aliphatic heterocycles. The van der Waals surface area contributed by atoms with Gasteiger partial charge in [-0.3, -0.25) is 13.9 Å². The number of likely N-dealkylation sites (N-methyl/N-ethyl adjacent to an activating group) is 1. The van der Waals surface area contributed by atoms with Crippen molar-refractivity contribution in [1.29, 1.82) is 0 Å². The van der Waals surface area contributed by atoms with Gasteiger partial charge in [0.05, 0.1) is 24.1 Å². The van der Waals surface area contributed by atoms with Crippen LogP contribution in [0.25, 0.3) is 0 Å². The molecule has 0 saturated carbocycles. The first kappa shape index (κ1) is 26.4. The van der Waals surface area contributed by atoms with Gasteiger partial charge in [0, 0.05) is 13.6 Å². The fraction of sp³-hybridized carbons (Fsp3) is 0.364. The second-order valence-electron chi connectivity index (χ2n) is 7.28. The van der Waals surface area contributed by atoms with E-state index in [9.17, 15) is 22.4 Å². The summed E-state index contributed by atoms with van der Waals surface area (Å²) in [7, 11) is -0.933. The summed E-state index contributed by atoms with van der Waals surface area (Å²) in [5.41, 5.74) is 0.761. The molecule has 33 heavy (non-hydrogen) atoms. The second kappa shape index (κ2) is 11.3. The summed E-state index contributed by atoms with van der Waals surface area (Å²) in [4.78, 5) is 27.2. The Morgan fingerprint density at radius 3 is 2.30 bits per heavy atom. The van der Waals surface area contributed by atoms with Crippen molar-refractivity contribution in [2.45, 2.75) is 25.9 Å². The van der Waals surface area contributed by atoms with Crippen molar-refractivity contribution in [2.24, 2.45) is 0 Å². The third-order valence-electron chi connectivity index (χ3n) is 5.01. The van der Waals surface area contributed by atoms with Crippen LogP contribution in [0.3, 0.4) is 0 Å². The number of carbonyl (C=O) groups excluding carboxylic acids is 2. The van der Waals surface area contributed by atoms with Crippen molar-refractivity contribution in [3.8, 4) is 5.75 Å². The van der Waals surface area contributed by atoms with E-state index in [2.05, 4.69) is 5.32 Å². The van der Waals surface area contributed by atoms with Gasteiger partial charge in [-0.05, 0) is 42.3 Å². The first-order valence-electron chi connectivity index (χ1n) is 10.1. The minimum atomic E-state index is -3.93. The molecule has 0 radical (unpaired) electrons. The summed E-state index contributed by atoms with van der Waals surface area (Å²) in [5.74, 6) is -1.07. The van der Waals surface area contributed by atoms with Gasteiger partial charge in [-0.25, -0.2) is 12.8 Å². The van der Waals surface area contributed by atoms with E-state index in [1.807, 2.05) is 0 Å². The van der Waals surface area contributed by atoms with Crippen LogP contribution in [0.1, 0.15) is 18.9 Å². The van der Waals surface area contributed by atoms with Crippen molar-refractivity contribution < 1.29 is 27.1 Å². The Kier molecular flexibility index (Phi) is 9.07. The Labute approximate surface area is 198 Å². The average Bonchev–Trinajstić information content (AvgIpc) is 2.78. The quantitative estimate of drug-likeness (QED) is 0.542. The number of anilines is 1. The van der Waals surface area contributed by atoms with Gasteiger partial charge in [-0.1, -0.05) is 30.7 Å². The molecule has 0 fully saturated rings.